The molecule has 3 aliphatic rings. The maximum Gasteiger partial charge on any atom is 0.262 e. The highest BCUT2D eigenvalue weighted by Crippen LogP contribution is 2.67. The second-order valence-electron chi connectivity index (χ2n) is 10.9. The van der Waals surface area contributed by atoms with Crippen LogP contribution in [-0.4, -0.2) is 39.5 Å². The highest BCUT2D eigenvalue weighted by atomic mass is 16.5. The summed E-state index contributed by atoms with van der Waals surface area (Å²) < 4.78 is 7.78. The largest absolute Gasteiger partial charge is 0.352 e. The molecule has 4 atom stereocenters. The van der Waals surface area contributed by atoms with Crippen LogP contribution in [0.5, 0.6) is 0 Å². The molecule has 6 rings (SSSR count). The minimum Gasteiger partial charge on any atom is -0.352 e. The van der Waals surface area contributed by atoms with Gasteiger partial charge in [0.05, 0.1) is 16.3 Å². The Labute approximate surface area is 215 Å². The van der Waals surface area contributed by atoms with E-state index in [1.165, 1.54) is 11.5 Å². The minimum atomic E-state index is -1.38. The fourth-order valence-corrected chi connectivity index (χ4v) is 7.01. The van der Waals surface area contributed by atoms with Crippen LogP contribution in [0.4, 0.5) is 5.69 Å². The van der Waals surface area contributed by atoms with Crippen molar-refractivity contribution in [1.29, 1.82) is 0 Å². The van der Waals surface area contributed by atoms with Gasteiger partial charge in [0.2, 0.25) is 17.5 Å². The van der Waals surface area contributed by atoms with Gasteiger partial charge in [-0.25, -0.2) is 4.98 Å². The molecule has 4 heterocycles. The summed E-state index contributed by atoms with van der Waals surface area (Å²) in [6.07, 6.45) is 1.49. The Balaban J connectivity index is 1.76. The number of aromatic nitrogens is 2. The molecule has 0 radical (unpaired) electrons. The van der Waals surface area contributed by atoms with E-state index in [2.05, 4.69) is 20.4 Å². The number of anilines is 1. The predicted octanol–water partition coefficient (Wildman–Crippen LogP) is 3.85. The van der Waals surface area contributed by atoms with Gasteiger partial charge >= 0.3 is 0 Å². The second kappa shape index (κ2) is 7.38. The number of amides is 2. The predicted molar refractivity (Wildman–Crippen MR) is 140 cm³/mol. The van der Waals surface area contributed by atoms with Gasteiger partial charge in [-0.2, -0.15) is 0 Å². The number of para-hydroxylation sites is 2. The van der Waals surface area contributed by atoms with E-state index in [1.54, 1.807) is 42.0 Å². The molecule has 190 valence electrons. The van der Waals surface area contributed by atoms with Crippen molar-refractivity contribution in [2.45, 2.75) is 57.5 Å². The van der Waals surface area contributed by atoms with Crippen LogP contribution in [0.1, 0.15) is 51.5 Å². The van der Waals surface area contributed by atoms with Gasteiger partial charge < -0.3 is 4.74 Å². The Morgan fingerprint density at radius 2 is 1.84 bits per heavy atom. The van der Waals surface area contributed by atoms with Gasteiger partial charge in [0.1, 0.15) is 12.2 Å². The summed E-state index contributed by atoms with van der Waals surface area (Å²) in [5.74, 6) is -0.0966. The van der Waals surface area contributed by atoms with Crippen molar-refractivity contribution >= 4 is 28.4 Å². The molecule has 0 spiro atoms. The second-order valence-corrected chi connectivity index (χ2v) is 10.9. The van der Waals surface area contributed by atoms with Crippen LogP contribution in [0.2, 0.25) is 0 Å². The first-order valence-corrected chi connectivity index (χ1v) is 12.5. The van der Waals surface area contributed by atoms with E-state index in [0.29, 0.717) is 23.1 Å². The van der Waals surface area contributed by atoms with E-state index in [-0.39, 0.29) is 17.4 Å². The van der Waals surface area contributed by atoms with Crippen LogP contribution >= 0.6 is 0 Å². The van der Waals surface area contributed by atoms with Crippen molar-refractivity contribution in [3.8, 4) is 0 Å². The van der Waals surface area contributed by atoms with Crippen LogP contribution in [0.3, 0.4) is 0 Å². The van der Waals surface area contributed by atoms with Gasteiger partial charge in [-0.15, -0.1) is 6.58 Å². The number of hydrogen-bond acceptors (Lipinski definition) is 5. The van der Waals surface area contributed by atoms with Crippen LogP contribution in [0, 0.1) is 5.41 Å². The Bertz CT molecular complexity index is 1580. The zero-order valence-corrected chi connectivity index (χ0v) is 21.7. The molecule has 0 saturated carbocycles. The number of benzene rings is 2. The number of carbonyl (C=O) groups excluding carboxylic acids is 2. The smallest absolute Gasteiger partial charge is 0.262 e. The van der Waals surface area contributed by atoms with Gasteiger partial charge in [-0.3, -0.25) is 28.8 Å². The molecule has 1 saturated heterocycles. The summed E-state index contributed by atoms with van der Waals surface area (Å²) in [5.41, 5.74) is -0.757. The number of carbonyl (C=O) groups is 2. The third kappa shape index (κ3) is 2.56. The number of nitrogens with zero attached hydrogens (tertiary/aromatic N) is 4. The Kier molecular flexibility index (Phi) is 4.71. The van der Waals surface area contributed by atoms with Gasteiger partial charge in [0.15, 0.2) is 5.82 Å². The number of rotatable bonds is 3. The zero-order chi connectivity index (χ0) is 26.5. The molecule has 8 heteroatoms. The van der Waals surface area contributed by atoms with Crippen molar-refractivity contribution in [2.75, 3.05) is 12.0 Å². The van der Waals surface area contributed by atoms with Crippen molar-refractivity contribution in [2.24, 2.45) is 5.41 Å². The molecule has 2 aromatic carbocycles. The van der Waals surface area contributed by atoms with Crippen LogP contribution < -0.4 is 10.5 Å². The maximum absolute atomic E-state index is 14.3. The van der Waals surface area contributed by atoms with E-state index in [1.807, 2.05) is 36.4 Å². The number of allylic oxidation sites excluding steroid dienone is 1. The summed E-state index contributed by atoms with van der Waals surface area (Å²) in [7, 11) is 1.54. The van der Waals surface area contributed by atoms with Crippen molar-refractivity contribution in [1.82, 2.24) is 14.5 Å². The molecule has 8 nitrogen and oxygen atoms in total. The molecule has 2 amide bonds. The topological polar surface area (TPSA) is 84.7 Å². The average Bonchev–Trinajstić information content (AvgIpc) is 3.36. The molecule has 37 heavy (non-hydrogen) atoms. The van der Waals surface area contributed by atoms with Crippen LogP contribution in [0.15, 0.2) is 66.0 Å². The van der Waals surface area contributed by atoms with Gasteiger partial charge in [0.25, 0.3) is 5.56 Å². The highest BCUT2D eigenvalue weighted by Gasteiger charge is 2.75. The van der Waals surface area contributed by atoms with E-state index in [4.69, 9.17) is 9.72 Å². The van der Waals surface area contributed by atoms with Crippen LogP contribution in [0.25, 0.3) is 10.9 Å². The third-order valence-corrected chi connectivity index (χ3v) is 8.96. The van der Waals surface area contributed by atoms with Crippen molar-refractivity contribution in [3.63, 3.8) is 0 Å². The van der Waals surface area contributed by atoms with Crippen LogP contribution in [-0.2, 0) is 25.5 Å². The summed E-state index contributed by atoms with van der Waals surface area (Å²) in [5, 5.41) is 0.445. The SMILES string of the molecule is C=CC(C)(C)C12CC3(OC)c4nc5ccccc5c(=O)n4C(C)C(=O)N3C1N(C(C)=O)c1ccccc12. The number of methoxy groups -OCH3 is 1. The molecule has 0 aliphatic carbocycles. The fraction of sp³-hybridized carbons (Fsp3) is 0.379. The number of fused-ring (bicyclic) bond motifs is 8. The summed E-state index contributed by atoms with van der Waals surface area (Å²) in [6.45, 7) is 11.5. The summed E-state index contributed by atoms with van der Waals surface area (Å²) in [4.78, 5) is 49.7. The Morgan fingerprint density at radius 3 is 2.51 bits per heavy atom. The lowest BCUT2D eigenvalue weighted by molar-refractivity contribution is -0.182. The van der Waals surface area contributed by atoms with Gasteiger partial charge in [-0.1, -0.05) is 50.3 Å². The molecule has 0 bridgehead atoms. The average molecular weight is 499 g/mol. The molecule has 1 aromatic heterocycles. The number of hydrogen-bond donors (Lipinski definition) is 0. The van der Waals surface area contributed by atoms with E-state index >= 15 is 0 Å². The standard InChI is InChI=1S/C29H30N4O4/c1-7-27(4,5)28-16-29(37-6)25-30-21-14-10-8-12-19(21)24(36)31(25)17(2)23(35)33(29)26(28)32(18(3)34)22-15-11-9-13-20(22)28/h7-15,17,26H,1,16H2,2-6H3. The molecule has 3 aliphatic heterocycles. The first-order chi connectivity index (χ1) is 17.6. The Hall–Kier alpha value is -3.78. The minimum absolute atomic E-state index is 0.180. The highest BCUT2D eigenvalue weighted by molar-refractivity contribution is 5.98. The third-order valence-electron chi connectivity index (χ3n) is 8.96. The normalized spacial score (nSPS) is 28.1. The maximum atomic E-state index is 14.3. The monoisotopic (exact) mass is 498 g/mol. The van der Waals surface area contributed by atoms with Crippen molar-refractivity contribution in [3.05, 3.63) is 82.9 Å². The first-order valence-electron chi connectivity index (χ1n) is 12.5. The van der Waals surface area contributed by atoms with E-state index in [0.717, 1.165) is 11.3 Å². The van der Waals surface area contributed by atoms with Gasteiger partial charge in [-0.05, 0) is 36.1 Å². The lowest BCUT2D eigenvalue weighted by Crippen LogP contribution is -2.64. The lowest BCUT2D eigenvalue weighted by Gasteiger charge is -2.47. The quantitative estimate of drug-likeness (QED) is 0.512. The number of ether oxygens (including phenoxy) is 1. The molecular weight excluding hydrogens is 468 g/mol. The van der Waals surface area contributed by atoms with Gasteiger partial charge in [0, 0.05) is 26.1 Å². The fourth-order valence-electron chi connectivity index (χ4n) is 7.01. The van der Waals surface area contributed by atoms with E-state index < -0.39 is 28.8 Å². The zero-order valence-electron chi connectivity index (χ0n) is 21.7. The van der Waals surface area contributed by atoms with Crippen molar-refractivity contribution < 1.29 is 14.3 Å². The molecule has 3 aromatic rings. The lowest BCUT2D eigenvalue weighted by atomic mass is 9.60. The summed E-state index contributed by atoms with van der Waals surface area (Å²) >= 11 is 0. The first kappa shape index (κ1) is 23.6. The molecule has 4 unspecified atom stereocenters. The Morgan fingerprint density at radius 1 is 1.16 bits per heavy atom. The molecule has 1 fully saturated rings. The molecular formula is C29H30N4O4. The van der Waals surface area contributed by atoms with E-state index in [9.17, 15) is 14.4 Å². The molecule has 0 N–H and O–H groups in total. The summed E-state index contributed by atoms with van der Waals surface area (Å²) in [6, 6.07) is 14.1.